The molecule has 0 saturated heterocycles. The number of anilines is 1. The lowest BCUT2D eigenvalue weighted by molar-refractivity contribution is -0.139. The molecule has 142 valence electrons. The maximum absolute atomic E-state index is 11.5. The Morgan fingerprint density at radius 1 is 1.30 bits per heavy atom. The van der Waals surface area contributed by atoms with Gasteiger partial charge >= 0.3 is 12.0 Å². The third-order valence-electron chi connectivity index (χ3n) is 3.91. The van der Waals surface area contributed by atoms with E-state index in [0.29, 0.717) is 24.3 Å². The topological polar surface area (TPSA) is 105 Å². The highest BCUT2D eigenvalue weighted by molar-refractivity contribution is 7.98. The van der Waals surface area contributed by atoms with Gasteiger partial charge in [0.15, 0.2) is 17.0 Å². The molecule has 2 heterocycles. The third-order valence-corrected chi connectivity index (χ3v) is 4.48. The highest BCUT2D eigenvalue weighted by atomic mass is 32.2. The zero-order valence-electron chi connectivity index (χ0n) is 15.2. The second kappa shape index (κ2) is 8.72. The van der Waals surface area contributed by atoms with Gasteiger partial charge in [0.2, 0.25) is 0 Å². The van der Waals surface area contributed by atoms with Gasteiger partial charge in [-0.25, -0.2) is 4.98 Å². The fourth-order valence-corrected chi connectivity index (χ4v) is 2.87. The Morgan fingerprint density at radius 3 is 2.89 bits per heavy atom. The zero-order chi connectivity index (χ0) is 19.2. The normalized spacial score (nSPS) is 10.9. The molecule has 0 amide bonds. The molecular formula is C18H21N5O3S. The summed E-state index contributed by atoms with van der Waals surface area (Å²) < 4.78 is 12.2. The molecule has 2 N–H and O–H groups in total. The molecule has 0 spiro atoms. The molecule has 2 aromatic heterocycles. The van der Waals surface area contributed by atoms with E-state index in [9.17, 15) is 4.79 Å². The van der Waals surface area contributed by atoms with Crippen LogP contribution in [0.5, 0.6) is 6.01 Å². The molecule has 1 aromatic carbocycles. The van der Waals surface area contributed by atoms with E-state index in [1.165, 1.54) is 7.11 Å². The highest BCUT2D eigenvalue weighted by Gasteiger charge is 2.13. The second-order valence-corrected chi connectivity index (χ2v) is 6.84. The minimum atomic E-state index is -0.271. The number of carbonyl (C=O) groups is 1. The van der Waals surface area contributed by atoms with Crippen molar-refractivity contribution < 1.29 is 14.3 Å². The standard InChI is InChI=1S/C18H21N5O3S/c1-25-14(24)9-12-4-3-5-13(8-12)10-23-11-20-15-16(19)21-18(22-17(15)23)26-6-7-27-2/h3-5,8,11H,6-7,9-10H2,1-2H3,(H2,19,21,22). The van der Waals surface area contributed by atoms with Gasteiger partial charge < -0.3 is 19.8 Å². The molecule has 0 aliphatic heterocycles. The number of rotatable bonds is 8. The molecule has 3 rings (SSSR count). The molecule has 0 bridgehead atoms. The molecule has 0 atom stereocenters. The number of esters is 1. The number of thioether (sulfide) groups is 1. The SMILES string of the molecule is COC(=O)Cc1cccc(Cn2cnc3c(N)nc(OCCSC)nc32)c1. The summed E-state index contributed by atoms with van der Waals surface area (Å²) in [6.07, 6.45) is 3.91. The lowest BCUT2D eigenvalue weighted by Crippen LogP contribution is -2.07. The molecule has 0 aliphatic rings. The maximum atomic E-state index is 11.5. The Bertz CT molecular complexity index is 944. The number of benzene rings is 1. The van der Waals surface area contributed by atoms with Gasteiger partial charge in [0.1, 0.15) is 6.61 Å². The van der Waals surface area contributed by atoms with E-state index in [0.717, 1.165) is 16.9 Å². The average molecular weight is 387 g/mol. The van der Waals surface area contributed by atoms with Gasteiger partial charge in [-0.3, -0.25) is 4.79 Å². The molecule has 0 aliphatic carbocycles. The van der Waals surface area contributed by atoms with Crippen molar-refractivity contribution in [2.45, 2.75) is 13.0 Å². The van der Waals surface area contributed by atoms with Crippen molar-refractivity contribution in [3.8, 4) is 6.01 Å². The first-order chi connectivity index (χ1) is 13.1. The first kappa shape index (κ1) is 19.0. The van der Waals surface area contributed by atoms with Crippen LogP contribution >= 0.6 is 11.8 Å². The highest BCUT2D eigenvalue weighted by Crippen LogP contribution is 2.20. The van der Waals surface area contributed by atoms with Crippen LogP contribution in [0.1, 0.15) is 11.1 Å². The van der Waals surface area contributed by atoms with Crippen molar-refractivity contribution >= 4 is 34.7 Å². The summed E-state index contributed by atoms with van der Waals surface area (Å²) in [6, 6.07) is 7.99. The smallest absolute Gasteiger partial charge is 0.320 e. The van der Waals surface area contributed by atoms with Crippen LogP contribution in [0.2, 0.25) is 0 Å². The van der Waals surface area contributed by atoms with E-state index < -0.39 is 0 Å². The molecule has 8 nitrogen and oxygen atoms in total. The number of aromatic nitrogens is 4. The van der Waals surface area contributed by atoms with E-state index >= 15 is 0 Å². The van der Waals surface area contributed by atoms with Crippen LogP contribution in [0.25, 0.3) is 11.2 Å². The summed E-state index contributed by atoms with van der Waals surface area (Å²) in [5.41, 5.74) is 9.05. The quantitative estimate of drug-likeness (QED) is 0.462. The summed E-state index contributed by atoms with van der Waals surface area (Å²) in [6.45, 7) is 1.04. The van der Waals surface area contributed by atoms with E-state index in [-0.39, 0.29) is 24.2 Å². The molecule has 0 fully saturated rings. The van der Waals surface area contributed by atoms with Crippen LogP contribution in [0, 0.1) is 0 Å². The fraction of sp³-hybridized carbons (Fsp3) is 0.333. The Morgan fingerprint density at radius 2 is 2.11 bits per heavy atom. The van der Waals surface area contributed by atoms with E-state index in [2.05, 4.69) is 15.0 Å². The van der Waals surface area contributed by atoms with Crippen LogP contribution in [-0.2, 0) is 22.5 Å². The minimum Gasteiger partial charge on any atom is -0.469 e. The van der Waals surface area contributed by atoms with Crippen LogP contribution in [0.15, 0.2) is 30.6 Å². The van der Waals surface area contributed by atoms with E-state index in [1.54, 1.807) is 18.1 Å². The average Bonchev–Trinajstić information content (AvgIpc) is 3.05. The second-order valence-electron chi connectivity index (χ2n) is 5.85. The molecule has 27 heavy (non-hydrogen) atoms. The maximum Gasteiger partial charge on any atom is 0.320 e. The van der Waals surface area contributed by atoms with Crippen LogP contribution in [-0.4, -0.2) is 51.2 Å². The van der Waals surface area contributed by atoms with Crippen molar-refractivity contribution in [1.82, 2.24) is 19.5 Å². The largest absolute Gasteiger partial charge is 0.469 e. The molecule has 0 saturated carbocycles. The predicted octanol–water partition coefficient (Wildman–Crippen LogP) is 1.91. The number of carbonyl (C=O) groups excluding carboxylic acids is 1. The van der Waals surface area contributed by atoms with Crippen molar-refractivity contribution in [2.75, 3.05) is 31.5 Å². The zero-order valence-corrected chi connectivity index (χ0v) is 16.0. The Hall–Kier alpha value is -2.81. The molecule has 0 radical (unpaired) electrons. The number of nitrogen functional groups attached to an aromatic ring is 1. The monoisotopic (exact) mass is 387 g/mol. The van der Waals surface area contributed by atoms with E-state index in [4.69, 9.17) is 15.2 Å². The fourth-order valence-electron chi connectivity index (χ4n) is 2.62. The number of methoxy groups -OCH3 is 1. The number of hydrogen-bond donors (Lipinski definition) is 1. The number of imidazole rings is 1. The predicted molar refractivity (Wildman–Crippen MR) is 105 cm³/mol. The van der Waals surface area contributed by atoms with Gasteiger partial charge in [-0.2, -0.15) is 21.7 Å². The Kier molecular flexibility index (Phi) is 6.12. The summed E-state index contributed by atoms with van der Waals surface area (Å²) in [4.78, 5) is 24.4. The first-order valence-corrected chi connectivity index (χ1v) is 9.75. The summed E-state index contributed by atoms with van der Waals surface area (Å²) in [7, 11) is 1.38. The van der Waals surface area contributed by atoms with Gasteiger partial charge in [-0.15, -0.1) is 0 Å². The van der Waals surface area contributed by atoms with Gasteiger partial charge in [0.05, 0.1) is 26.4 Å². The third kappa shape index (κ3) is 4.68. The van der Waals surface area contributed by atoms with Crippen molar-refractivity contribution in [1.29, 1.82) is 0 Å². The van der Waals surface area contributed by atoms with Gasteiger partial charge in [-0.1, -0.05) is 24.3 Å². The summed E-state index contributed by atoms with van der Waals surface area (Å²) in [5, 5.41) is 0. The van der Waals surface area contributed by atoms with Crippen LogP contribution in [0.3, 0.4) is 0 Å². The lowest BCUT2D eigenvalue weighted by Gasteiger charge is -2.08. The van der Waals surface area contributed by atoms with Crippen molar-refractivity contribution in [3.05, 3.63) is 41.7 Å². The number of nitrogens with zero attached hydrogens (tertiary/aromatic N) is 4. The molecule has 3 aromatic rings. The first-order valence-electron chi connectivity index (χ1n) is 8.35. The van der Waals surface area contributed by atoms with Gasteiger partial charge in [-0.05, 0) is 17.4 Å². The van der Waals surface area contributed by atoms with Crippen LogP contribution in [0.4, 0.5) is 5.82 Å². The summed E-state index contributed by atoms with van der Waals surface area (Å²) >= 11 is 1.68. The molecular weight excluding hydrogens is 366 g/mol. The lowest BCUT2D eigenvalue weighted by atomic mass is 10.1. The Labute approximate surface area is 161 Å². The molecule has 0 unspecified atom stereocenters. The van der Waals surface area contributed by atoms with Gasteiger partial charge in [0, 0.05) is 5.75 Å². The molecule has 9 heteroatoms. The van der Waals surface area contributed by atoms with Crippen LogP contribution < -0.4 is 10.5 Å². The Balaban J connectivity index is 1.84. The van der Waals surface area contributed by atoms with Crippen molar-refractivity contribution in [3.63, 3.8) is 0 Å². The van der Waals surface area contributed by atoms with Crippen molar-refractivity contribution in [2.24, 2.45) is 0 Å². The number of nitrogens with two attached hydrogens (primary N) is 1. The summed E-state index contributed by atoms with van der Waals surface area (Å²) in [5.74, 6) is 0.859. The number of fused-ring (bicyclic) bond motifs is 1. The number of ether oxygens (including phenoxy) is 2. The van der Waals surface area contributed by atoms with E-state index in [1.807, 2.05) is 35.1 Å². The number of hydrogen-bond acceptors (Lipinski definition) is 8. The van der Waals surface area contributed by atoms with Gasteiger partial charge in [0.25, 0.3) is 0 Å². The minimum absolute atomic E-state index is 0.234.